The number of anilines is 2. The second-order valence-electron chi connectivity index (χ2n) is 7.34. The smallest absolute Gasteiger partial charge is 0.266 e. The number of amides is 2. The first-order chi connectivity index (χ1) is 14.5. The van der Waals surface area contributed by atoms with Gasteiger partial charge >= 0.3 is 0 Å². The SMILES string of the molecule is COCc1cc(C)nc2c1C(=O)N1C(=O)c3ccccc3[C@@H]1N2c1ccc(F)cc1. The summed E-state index contributed by atoms with van der Waals surface area (Å²) in [6, 6.07) is 14.9. The van der Waals surface area contributed by atoms with Crippen molar-refractivity contribution in [2.45, 2.75) is 19.7 Å². The maximum absolute atomic E-state index is 13.6. The monoisotopic (exact) mass is 403 g/mol. The number of carbonyl (C=O) groups is 2. The fourth-order valence-corrected chi connectivity index (χ4v) is 4.26. The van der Waals surface area contributed by atoms with Crippen LogP contribution in [0.2, 0.25) is 0 Å². The van der Waals surface area contributed by atoms with Crippen LogP contribution < -0.4 is 4.90 Å². The topological polar surface area (TPSA) is 62.7 Å². The van der Waals surface area contributed by atoms with E-state index in [1.807, 2.05) is 24.0 Å². The van der Waals surface area contributed by atoms with Gasteiger partial charge in [-0.25, -0.2) is 14.3 Å². The van der Waals surface area contributed by atoms with E-state index in [0.717, 1.165) is 0 Å². The number of hydrogen-bond acceptors (Lipinski definition) is 5. The number of rotatable bonds is 3. The first-order valence-electron chi connectivity index (χ1n) is 9.52. The summed E-state index contributed by atoms with van der Waals surface area (Å²) in [5.74, 6) is -0.704. The molecule has 0 saturated heterocycles. The average Bonchev–Trinajstić information content (AvgIpc) is 3.02. The molecule has 2 amide bonds. The summed E-state index contributed by atoms with van der Waals surface area (Å²) < 4.78 is 18.9. The Balaban J connectivity index is 1.82. The van der Waals surface area contributed by atoms with Crippen molar-refractivity contribution in [3.8, 4) is 0 Å². The van der Waals surface area contributed by atoms with E-state index in [4.69, 9.17) is 4.74 Å². The molecular weight excluding hydrogens is 385 g/mol. The number of ether oxygens (including phenoxy) is 1. The molecule has 30 heavy (non-hydrogen) atoms. The molecule has 5 rings (SSSR count). The van der Waals surface area contributed by atoms with E-state index in [1.54, 1.807) is 37.4 Å². The summed E-state index contributed by atoms with van der Waals surface area (Å²) in [5, 5.41) is 0. The van der Waals surface area contributed by atoms with Crippen LogP contribution in [-0.2, 0) is 11.3 Å². The van der Waals surface area contributed by atoms with Crippen molar-refractivity contribution in [3.05, 3.63) is 88.4 Å². The molecule has 6 nitrogen and oxygen atoms in total. The van der Waals surface area contributed by atoms with Crippen LogP contribution >= 0.6 is 0 Å². The summed E-state index contributed by atoms with van der Waals surface area (Å²) in [6.07, 6.45) is -0.691. The Bertz CT molecular complexity index is 1190. The number of imide groups is 1. The van der Waals surface area contributed by atoms with Crippen molar-refractivity contribution in [3.63, 3.8) is 0 Å². The largest absolute Gasteiger partial charge is 0.380 e. The third-order valence-electron chi connectivity index (χ3n) is 5.45. The first-order valence-corrected chi connectivity index (χ1v) is 9.52. The third-order valence-corrected chi connectivity index (χ3v) is 5.45. The number of benzene rings is 2. The lowest BCUT2D eigenvalue weighted by atomic mass is 10.0. The van der Waals surface area contributed by atoms with Crippen LogP contribution in [0, 0.1) is 12.7 Å². The van der Waals surface area contributed by atoms with Gasteiger partial charge < -0.3 is 4.74 Å². The van der Waals surface area contributed by atoms with Crippen molar-refractivity contribution in [1.82, 2.24) is 9.88 Å². The number of aryl methyl sites for hydroxylation is 1. The molecule has 0 saturated carbocycles. The van der Waals surface area contributed by atoms with Crippen molar-refractivity contribution >= 4 is 23.3 Å². The molecule has 0 radical (unpaired) electrons. The number of carbonyl (C=O) groups excluding carboxylic acids is 2. The van der Waals surface area contributed by atoms with Gasteiger partial charge in [0, 0.05) is 29.6 Å². The fourth-order valence-electron chi connectivity index (χ4n) is 4.26. The van der Waals surface area contributed by atoms with Crippen molar-refractivity contribution in [2.24, 2.45) is 0 Å². The van der Waals surface area contributed by atoms with Gasteiger partial charge in [0.15, 0.2) is 0 Å². The lowest BCUT2D eigenvalue weighted by Gasteiger charge is -2.41. The van der Waals surface area contributed by atoms with Crippen molar-refractivity contribution in [1.29, 1.82) is 0 Å². The Morgan fingerprint density at radius 3 is 2.50 bits per heavy atom. The number of halogens is 1. The van der Waals surface area contributed by atoms with Crippen LogP contribution in [-0.4, -0.2) is 28.8 Å². The maximum Gasteiger partial charge on any atom is 0.266 e. The maximum atomic E-state index is 13.6. The fraction of sp³-hybridized carbons (Fsp3) is 0.174. The molecule has 3 aromatic rings. The van der Waals surface area contributed by atoms with Crippen LogP contribution in [0.3, 0.4) is 0 Å². The van der Waals surface area contributed by atoms with E-state index in [-0.39, 0.29) is 18.3 Å². The molecule has 150 valence electrons. The zero-order valence-electron chi connectivity index (χ0n) is 16.4. The summed E-state index contributed by atoms with van der Waals surface area (Å²) in [6.45, 7) is 2.04. The standard InChI is InChI=1S/C23H18FN3O3/c1-13-11-14(12-30-2)19-20(25-13)26(16-9-7-15(24)8-10-16)21-17-5-3-4-6-18(17)22(28)27(21)23(19)29/h3-11,21H,12H2,1-2H3/t21-/m1/s1. The van der Waals surface area contributed by atoms with E-state index >= 15 is 0 Å². The number of nitrogens with zero attached hydrogens (tertiary/aromatic N) is 3. The summed E-state index contributed by atoms with van der Waals surface area (Å²) in [4.78, 5) is 34.5. The van der Waals surface area contributed by atoms with E-state index in [0.29, 0.717) is 39.5 Å². The van der Waals surface area contributed by atoms with Gasteiger partial charge in [0.1, 0.15) is 17.8 Å². The molecule has 2 aliphatic rings. The van der Waals surface area contributed by atoms with E-state index in [2.05, 4.69) is 4.98 Å². The van der Waals surface area contributed by atoms with Crippen molar-refractivity contribution in [2.75, 3.05) is 12.0 Å². The van der Waals surface area contributed by atoms with Gasteiger partial charge in [0.2, 0.25) is 0 Å². The molecule has 2 aromatic carbocycles. The molecule has 2 aliphatic heterocycles. The minimum absolute atomic E-state index is 0.203. The molecule has 1 atom stereocenters. The third kappa shape index (κ3) is 2.55. The number of fused-ring (bicyclic) bond motifs is 4. The van der Waals surface area contributed by atoms with Gasteiger partial charge in [-0.2, -0.15) is 0 Å². The van der Waals surface area contributed by atoms with Crippen LogP contribution in [0.1, 0.15) is 43.7 Å². The van der Waals surface area contributed by atoms with Gasteiger partial charge in [-0.3, -0.25) is 14.5 Å². The quantitative estimate of drug-likeness (QED) is 0.616. The molecule has 3 heterocycles. The normalized spacial score (nSPS) is 17.1. The molecule has 0 aliphatic carbocycles. The molecule has 7 heteroatoms. The number of aromatic nitrogens is 1. The van der Waals surface area contributed by atoms with Crippen LogP contribution in [0.25, 0.3) is 0 Å². The molecule has 0 unspecified atom stereocenters. The highest BCUT2D eigenvalue weighted by Crippen LogP contribution is 2.48. The van der Waals surface area contributed by atoms with Gasteiger partial charge in [0.25, 0.3) is 11.8 Å². The first kappa shape index (κ1) is 18.4. The van der Waals surface area contributed by atoms with E-state index < -0.39 is 12.1 Å². The lowest BCUT2D eigenvalue weighted by Crippen LogP contribution is -2.47. The molecule has 0 N–H and O–H groups in total. The Kier molecular flexibility index (Phi) is 4.15. The van der Waals surface area contributed by atoms with Gasteiger partial charge in [-0.05, 0) is 48.9 Å². The van der Waals surface area contributed by atoms with Gasteiger partial charge in [-0.1, -0.05) is 18.2 Å². The second kappa shape index (κ2) is 6.74. The van der Waals surface area contributed by atoms with E-state index in [9.17, 15) is 14.0 Å². The van der Waals surface area contributed by atoms with Crippen LogP contribution in [0.5, 0.6) is 0 Å². The predicted molar refractivity (Wildman–Crippen MR) is 108 cm³/mol. The molecule has 0 spiro atoms. The highest BCUT2D eigenvalue weighted by Gasteiger charge is 2.50. The minimum Gasteiger partial charge on any atom is -0.380 e. The summed E-state index contributed by atoms with van der Waals surface area (Å²) in [7, 11) is 1.55. The molecule has 0 fully saturated rings. The van der Waals surface area contributed by atoms with Crippen LogP contribution in [0.15, 0.2) is 54.6 Å². The van der Waals surface area contributed by atoms with Gasteiger partial charge in [0.05, 0.1) is 12.2 Å². The highest BCUT2D eigenvalue weighted by atomic mass is 19.1. The lowest BCUT2D eigenvalue weighted by molar-refractivity contribution is 0.0564. The summed E-state index contributed by atoms with van der Waals surface area (Å²) >= 11 is 0. The van der Waals surface area contributed by atoms with Crippen LogP contribution in [0.4, 0.5) is 15.9 Å². The molecule has 1 aromatic heterocycles. The van der Waals surface area contributed by atoms with Gasteiger partial charge in [-0.15, -0.1) is 0 Å². The van der Waals surface area contributed by atoms with E-state index in [1.165, 1.54) is 17.0 Å². The zero-order chi connectivity index (χ0) is 21.0. The molecule has 0 bridgehead atoms. The highest BCUT2D eigenvalue weighted by molar-refractivity contribution is 6.17. The van der Waals surface area contributed by atoms with Crippen molar-refractivity contribution < 1.29 is 18.7 Å². The summed E-state index contributed by atoms with van der Waals surface area (Å²) in [5.41, 5.74) is 3.50. The Morgan fingerprint density at radius 1 is 1.03 bits per heavy atom. The second-order valence-corrected chi connectivity index (χ2v) is 7.34. The minimum atomic E-state index is -0.691. The average molecular weight is 403 g/mol. The molecular formula is C23H18FN3O3. The zero-order valence-corrected chi connectivity index (χ0v) is 16.4. The number of methoxy groups -OCH3 is 1. The Hall–Kier alpha value is -3.58. The Morgan fingerprint density at radius 2 is 1.77 bits per heavy atom. The Labute approximate surface area is 172 Å². The number of hydrogen-bond donors (Lipinski definition) is 0. The number of pyridine rings is 1. The predicted octanol–water partition coefficient (Wildman–Crippen LogP) is 4.12.